The number of carbonyl (C=O) groups excluding carboxylic acids is 1. The molecule has 0 saturated heterocycles. The Kier molecular flexibility index (Phi) is 2.79. The first-order valence-electron chi connectivity index (χ1n) is 5.50. The van der Waals surface area contributed by atoms with Crippen molar-refractivity contribution in [3.05, 3.63) is 0 Å². The summed E-state index contributed by atoms with van der Waals surface area (Å²) >= 11 is 0. The molecule has 1 unspecified atom stereocenters. The van der Waals surface area contributed by atoms with E-state index in [9.17, 15) is 4.79 Å². The molecule has 1 aliphatic heterocycles. The number of hydrogen-bond acceptors (Lipinski definition) is 5. The highest BCUT2D eigenvalue weighted by Crippen LogP contribution is 2.33. The second kappa shape index (κ2) is 4.08. The van der Waals surface area contributed by atoms with Crippen LogP contribution in [0, 0.1) is 5.92 Å². The van der Waals surface area contributed by atoms with Gasteiger partial charge < -0.3 is 10.1 Å². The van der Waals surface area contributed by atoms with Crippen LogP contribution in [0.15, 0.2) is 5.10 Å². The first-order chi connectivity index (χ1) is 7.27. The normalized spacial score (nSPS) is 29.1. The molecule has 2 rings (SSSR count). The van der Waals surface area contributed by atoms with Gasteiger partial charge in [0.2, 0.25) is 5.66 Å². The fourth-order valence-corrected chi connectivity index (χ4v) is 1.99. The van der Waals surface area contributed by atoms with Crippen LogP contribution in [0.5, 0.6) is 0 Å². The molecule has 1 heterocycles. The third kappa shape index (κ3) is 1.91. The third-order valence-electron chi connectivity index (χ3n) is 3.07. The van der Waals surface area contributed by atoms with Crippen LogP contribution >= 0.6 is 0 Å². The molecule has 0 aromatic heterocycles. The topological polar surface area (TPSA) is 62.7 Å². The lowest BCUT2D eigenvalue weighted by Crippen LogP contribution is -2.58. The fourth-order valence-electron chi connectivity index (χ4n) is 1.99. The highest BCUT2D eigenvalue weighted by Gasteiger charge is 2.44. The summed E-state index contributed by atoms with van der Waals surface area (Å²) in [6.07, 6.45) is 5.95. The number of hydrazone groups is 1. The van der Waals surface area contributed by atoms with E-state index in [0.29, 0.717) is 12.5 Å². The number of esters is 1. The van der Waals surface area contributed by atoms with Crippen molar-refractivity contribution in [2.45, 2.75) is 38.3 Å². The minimum Gasteiger partial charge on any atom is -0.463 e. The van der Waals surface area contributed by atoms with Crippen LogP contribution in [0.25, 0.3) is 0 Å². The minimum absolute atomic E-state index is 0.255. The predicted molar refractivity (Wildman–Crippen MR) is 56.1 cm³/mol. The molecule has 0 radical (unpaired) electrons. The Morgan fingerprint density at radius 3 is 2.93 bits per heavy atom. The molecule has 0 aromatic rings. The summed E-state index contributed by atoms with van der Waals surface area (Å²) in [5, 5.41) is 6.84. The van der Waals surface area contributed by atoms with Crippen molar-refractivity contribution in [3.63, 3.8) is 0 Å². The molecule has 2 aliphatic rings. The smallest absolute Gasteiger partial charge is 0.354 e. The molecule has 84 valence electrons. The maximum Gasteiger partial charge on any atom is 0.354 e. The molecule has 15 heavy (non-hydrogen) atoms. The van der Waals surface area contributed by atoms with Gasteiger partial charge in [0.25, 0.3) is 0 Å². The van der Waals surface area contributed by atoms with Gasteiger partial charge in [0.1, 0.15) is 6.34 Å². The third-order valence-corrected chi connectivity index (χ3v) is 3.07. The summed E-state index contributed by atoms with van der Waals surface area (Å²) in [4.78, 5) is 11.8. The maximum absolute atomic E-state index is 11.8. The number of ether oxygens (including phenoxy) is 1. The zero-order chi connectivity index (χ0) is 10.7. The van der Waals surface area contributed by atoms with Crippen LogP contribution in [0.2, 0.25) is 0 Å². The highest BCUT2D eigenvalue weighted by molar-refractivity contribution is 5.84. The van der Waals surface area contributed by atoms with Crippen molar-refractivity contribution >= 4 is 12.3 Å². The predicted octanol–water partition coefficient (Wildman–Crippen LogP) is 0.572. The SMILES string of the molecule is CCOC(=O)C1(CC2CCC2)NC=NN1. The molecular weight excluding hydrogens is 194 g/mol. The fraction of sp³-hybridized carbons (Fsp3) is 0.800. The first kappa shape index (κ1) is 10.3. The standard InChI is InChI=1S/C10H17N3O2/c1-2-15-9(14)10(11-7-12-13-10)6-8-4-3-5-8/h7-8,13H,2-6H2,1H3,(H,11,12). The Balaban J connectivity index is 1.99. The van der Waals surface area contributed by atoms with E-state index in [1.165, 1.54) is 25.6 Å². The van der Waals surface area contributed by atoms with Crippen molar-refractivity contribution in [1.29, 1.82) is 0 Å². The van der Waals surface area contributed by atoms with E-state index in [4.69, 9.17) is 4.74 Å². The maximum atomic E-state index is 11.8. The van der Waals surface area contributed by atoms with Crippen molar-refractivity contribution in [1.82, 2.24) is 10.7 Å². The Morgan fingerprint density at radius 2 is 2.47 bits per heavy atom. The lowest BCUT2D eigenvalue weighted by molar-refractivity contribution is -0.153. The van der Waals surface area contributed by atoms with E-state index in [0.717, 1.165) is 6.42 Å². The molecule has 0 bridgehead atoms. The summed E-state index contributed by atoms with van der Waals surface area (Å²) < 4.78 is 5.05. The lowest BCUT2D eigenvalue weighted by Gasteiger charge is -2.34. The molecule has 2 N–H and O–H groups in total. The van der Waals surface area contributed by atoms with E-state index in [1.807, 2.05) is 6.92 Å². The van der Waals surface area contributed by atoms with Crippen LogP contribution in [-0.2, 0) is 9.53 Å². The van der Waals surface area contributed by atoms with Crippen LogP contribution in [0.1, 0.15) is 32.6 Å². The Hall–Kier alpha value is -1.26. The van der Waals surface area contributed by atoms with Gasteiger partial charge in [-0.15, -0.1) is 0 Å². The summed E-state index contributed by atoms with van der Waals surface area (Å²) in [6.45, 7) is 2.21. The average molecular weight is 211 g/mol. The molecule has 0 spiro atoms. The summed E-state index contributed by atoms with van der Waals surface area (Å²) in [5.41, 5.74) is 2.03. The Bertz CT molecular complexity index is 266. The Morgan fingerprint density at radius 1 is 1.67 bits per heavy atom. The quantitative estimate of drug-likeness (QED) is 0.667. The van der Waals surface area contributed by atoms with E-state index in [-0.39, 0.29) is 5.97 Å². The number of carbonyl (C=O) groups is 1. The van der Waals surface area contributed by atoms with E-state index in [1.54, 1.807) is 0 Å². The van der Waals surface area contributed by atoms with Crippen molar-refractivity contribution in [3.8, 4) is 0 Å². The van der Waals surface area contributed by atoms with Crippen molar-refractivity contribution in [2.75, 3.05) is 6.61 Å². The number of nitrogens with one attached hydrogen (secondary N) is 2. The van der Waals surface area contributed by atoms with Gasteiger partial charge in [-0.05, 0) is 12.8 Å². The molecule has 0 amide bonds. The van der Waals surface area contributed by atoms with Gasteiger partial charge in [0, 0.05) is 6.42 Å². The second-order valence-corrected chi connectivity index (χ2v) is 4.14. The minimum atomic E-state index is -0.804. The van der Waals surface area contributed by atoms with Gasteiger partial charge in [0.15, 0.2) is 0 Å². The van der Waals surface area contributed by atoms with Gasteiger partial charge in [-0.2, -0.15) is 5.10 Å². The monoisotopic (exact) mass is 211 g/mol. The summed E-state index contributed by atoms with van der Waals surface area (Å²) in [6, 6.07) is 0. The molecular formula is C10H17N3O2. The summed E-state index contributed by atoms with van der Waals surface area (Å²) in [7, 11) is 0. The largest absolute Gasteiger partial charge is 0.463 e. The van der Waals surface area contributed by atoms with Crippen LogP contribution in [0.4, 0.5) is 0 Å². The van der Waals surface area contributed by atoms with Gasteiger partial charge in [0.05, 0.1) is 6.61 Å². The van der Waals surface area contributed by atoms with E-state index < -0.39 is 5.66 Å². The molecule has 0 aromatic carbocycles. The number of hydrogen-bond donors (Lipinski definition) is 2. The molecule has 1 atom stereocenters. The zero-order valence-electron chi connectivity index (χ0n) is 8.95. The Labute approximate surface area is 89.3 Å². The molecule has 1 aliphatic carbocycles. The molecule has 1 fully saturated rings. The molecule has 1 saturated carbocycles. The summed E-state index contributed by atoms with van der Waals surface area (Å²) in [5.74, 6) is 0.352. The van der Waals surface area contributed by atoms with Gasteiger partial charge in [-0.3, -0.25) is 5.43 Å². The van der Waals surface area contributed by atoms with Crippen molar-refractivity contribution < 1.29 is 9.53 Å². The van der Waals surface area contributed by atoms with Gasteiger partial charge in [-0.1, -0.05) is 19.3 Å². The van der Waals surface area contributed by atoms with Crippen LogP contribution in [0.3, 0.4) is 0 Å². The van der Waals surface area contributed by atoms with E-state index >= 15 is 0 Å². The van der Waals surface area contributed by atoms with Gasteiger partial charge in [-0.25, -0.2) is 4.79 Å². The van der Waals surface area contributed by atoms with E-state index in [2.05, 4.69) is 15.8 Å². The van der Waals surface area contributed by atoms with Crippen LogP contribution in [-0.4, -0.2) is 24.6 Å². The lowest BCUT2D eigenvalue weighted by atomic mass is 9.79. The first-order valence-corrected chi connectivity index (χ1v) is 5.50. The second-order valence-electron chi connectivity index (χ2n) is 4.14. The van der Waals surface area contributed by atoms with Crippen molar-refractivity contribution in [2.24, 2.45) is 11.0 Å². The van der Waals surface area contributed by atoms with Crippen LogP contribution < -0.4 is 10.7 Å². The van der Waals surface area contributed by atoms with Gasteiger partial charge >= 0.3 is 5.97 Å². The molecule has 5 heteroatoms. The number of nitrogens with zero attached hydrogens (tertiary/aromatic N) is 1. The highest BCUT2D eigenvalue weighted by atomic mass is 16.5. The zero-order valence-corrected chi connectivity index (χ0v) is 8.95. The molecule has 5 nitrogen and oxygen atoms in total. The number of rotatable bonds is 4. The average Bonchev–Trinajstić information content (AvgIpc) is 2.62.